The average Bonchev–Trinajstić information content (AvgIpc) is 2.69. The maximum Gasteiger partial charge on any atom is 0.193 e. The Labute approximate surface area is 165 Å². The SMILES string of the molecule is COCOc1c(CC=C(C)C)c(O)cc(OC)c1C(=O)/C=C/c1cc[nH+]cc1. The molecule has 1 heterocycles. The van der Waals surface area contributed by atoms with Crippen LogP contribution >= 0.6 is 0 Å². The number of benzene rings is 1. The second-order valence-corrected chi connectivity index (χ2v) is 6.35. The first-order valence-electron chi connectivity index (χ1n) is 8.84. The lowest BCUT2D eigenvalue weighted by molar-refractivity contribution is -0.378. The molecule has 0 aliphatic heterocycles. The Bertz CT molecular complexity index is 868. The van der Waals surface area contributed by atoms with Gasteiger partial charge in [0.1, 0.15) is 22.8 Å². The molecular weight excluding hydrogens is 358 g/mol. The van der Waals surface area contributed by atoms with Crippen molar-refractivity contribution in [3.05, 3.63) is 65.0 Å². The Morgan fingerprint density at radius 1 is 1.21 bits per heavy atom. The fourth-order valence-corrected chi connectivity index (χ4v) is 2.60. The highest BCUT2D eigenvalue weighted by atomic mass is 16.7. The summed E-state index contributed by atoms with van der Waals surface area (Å²) < 4.78 is 16.1. The number of phenolic OH excluding ortho intramolecular Hbond substituents is 1. The van der Waals surface area contributed by atoms with Crippen molar-refractivity contribution in [2.75, 3.05) is 21.0 Å². The van der Waals surface area contributed by atoms with Crippen molar-refractivity contribution in [2.45, 2.75) is 20.3 Å². The monoisotopic (exact) mass is 384 g/mol. The van der Waals surface area contributed by atoms with E-state index in [1.54, 1.807) is 18.5 Å². The molecule has 0 spiro atoms. The fourth-order valence-electron chi connectivity index (χ4n) is 2.60. The van der Waals surface area contributed by atoms with Crippen molar-refractivity contribution in [1.82, 2.24) is 0 Å². The van der Waals surface area contributed by atoms with Crippen LogP contribution in [0.2, 0.25) is 0 Å². The largest absolute Gasteiger partial charge is 0.507 e. The van der Waals surface area contributed by atoms with E-state index < -0.39 is 0 Å². The van der Waals surface area contributed by atoms with Crippen LogP contribution in [-0.4, -0.2) is 31.9 Å². The maximum absolute atomic E-state index is 13.0. The molecule has 6 nitrogen and oxygen atoms in total. The minimum absolute atomic E-state index is 0.000390. The first-order chi connectivity index (χ1) is 13.5. The number of allylic oxidation sites excluding steroid dienone is 3. The van der Waals surface area contributed by atoms with Gasteiger partial charge in [-0.25, -0.2) is 4.98 Å². The molecule has 6 heteroatoms. The molecule has 1 aromatic carbocycles. The van der Waals surface area contributed by atoms with Gasteiger partial charge in [0.25, 0.3) is 0 Å². The number of carbonyl (C=O) groups excluding carboxylic acids is 1. The molecule has 2 rings (SSSR count). The number of hydrogen-bond donors (Lipinski definition) is 1. The first kappa shape index (κ1) is 21.2. The zero-order valence-electron chi connectivity index (χ0n) is 16.6. The number of rotatable bonds is 9. The molecule has 0 aliphatic carbocycles. The first-order valence-corrected chi connectivity index (χ1v) is 8.84. The molecule has 0 aliphatic rings. The van der Waals surface area contributed by atoms with Crippen molar-refractivity contribution in [3.63, 3.8) is 0 Å². The second-order valence-electron chi connectivity index (χ2n) is 6.35. The van der Waals surface area contributed by atoms with E-state index in [4.69, 9.17) is 14.2 Å². The number of phenols is 1. The molecule has 0 saturated carbocycles. The van der Waals surface area contributed by atoms with E-state index in [2.05, 4.69) is 4.98 Å². The van der Waals surface area contributed by atoms with E-state index in [1.807, 2.05) is 32.1 Å². The van der Waals surface area contributed by atoms with Crippen LogP contribution in [-0.2, 0) is 11.2 Å². The van der Waals surface area contributed by atoms with Crippen LogP contribution in [0.4, 0.5) is 0 Å². The van der Waals surface area contributed by atoms with Gasteiger partial charge in [0.2, 0.25) is 0 Å². The van der Waals surface area contributed by atoms with Gasteiger partial charge in [0, 0.05) is 30.9 Å². The highest BCUT2D eigenvalue weighted by Gasteiger charge is 2.23. The van der Waals surface area contributed by atoms with Gasteiger partial charge in [0.15, 0.2) is 25.0 Å². The lowest BCUT2D eigenvalue weighted by Gasteiger charge is -2.18. The van der Waals surface area contributed by atoms with E-state index in [9.17, 15) is 9.90 Å². The minimum Gasteiger partial charge on any atom is -0.507 e. The number of ether oxygens (including phenoxy) is 3. The van der Waals surface area contributed by atoms with Gasteiger partial charge >= 0.3 is 0 Å². The molecule has 28 heavy (non-hydrogen) atoms. The summed E-state index contributed by atoms with van der Waals surface area (Å²) in [6.07, 6.45) is 9.07. The zero-order valence-corrected chi connectivity index (χ0v) is 16.6. The summed E-state index contributed by atoms with van der Waals surface area (Å²) in [6.45, 7) is 3.86. The number of ketones is 1. The lowest BCUT2D eigenvalue weighted by Crippen LogP contribution is -2.09. The number of H-pyrrole nitrogens is 1. The Morgan fingerprint density at radius 3 is 2.54 bits per heavy atom. The van der Waals surface area contributed by atoms with E-state index in [0.29, 0.717) is 12.0 Å². The molecule has 0 radical (unpaired) electrons. The number of aromatic hydroxyl groups is 1. The van der Waals surface area contributed by atoms with Gasteiger partial charge in [-0.05, 0) is 31.9 Å². The smallest absolute Gasteiger partial charge is 0.193 e. The summed E-state index contributed by atoms with van der Waals surface area (Å²) in [6, 6.07) is 5.13. The zero-order chi connectivity index (χ0) is 20.5. The van der Waals surface area contributed by atoms with Crippen LogP contribution in [0.5, 0.6) is 17.2 Å². The highest BCUT2D eigenvalue weighted by Crippen LogP contribution is 2.40. The Balaban J connectivity index is 2.54. The molecule has 2 aromatic rings. The summed E-state index contributed by atoms with van der Waals surface area (Å²) in [4.78, 5) is 15.9. The third-order valence-electron chi connectivity index (χ3n) is 4.00. The van der Waals surface area contributed by atoms with Crippen molar-refractivity contribution < 1.29 is 29.1 Å². The number of carbonyl (C=O) groups is 1. The Morgan fingerprint density at radius 2 is 1.93 bits per heavy atom. The summed E-state index contributed by atoms with van der Waals surface area (Å²) in [5.74, 6) is 0.196. The summed E-state index contributed by atoms with van der Waals surface area (Å²) in [5.41, 5.74) is 2.70. The Hall–Kier alpha value is -3.12. The van der Waals surface area contributed by atoms with Crippen LogP contribution in [0.3, 0.4) is 0 Å². The predicted molar refractivity (Wildman–Crippen MR) is 107 cm³/mol. The maximum atomic E-state index is 13.0. The third kappa shape index (κ3) is 5.44. The van der Waals surface area contributed by atoms with Crippen LogP contribution in [0.25, 0.3) is 6.08 Å². The van der Waals surface area contributed by atoms with Crippen molar-refractivity contribution in [2.24, 2.45) is 0 Å². The quantitative estimate of drug-likeness (QED) is 0.309. The number of nitrogens with one attached hydrogen (secondary N) is 1. The van der Waals surface area contributed by atoms with Crippen molar-refractivity contribution in [3.8, 4) is 17.2 Å². The highest BCUT2D eigenvalue weighted by molar-refractivity contribution is 6.11. The van der Waals surface area contributed by atoms with Gasteiger partial charge in [-0.3, -0.25) is 4.79 Å². The lowest BCUT2D eigenvalue weighted by atomic mass is 9.99. The number of methoxy groups -OCH3 is 2. The molecule has 0 saturated heterocycles. The molecular formula is C22H26NO5+. The fraction of sp³-hybridized carbons (Fsp3) is 0.273. The van der Waals surface area contributed by atoms with Gasteiger partial charge in [-0.15, -0.1) is 0 Å². The number of hydrogen-bond acceptors (Lipinski definition) is 5. The van der Waals surface area contributed by atoms with E-state index in [-0.39, 0.29) is 35.4 Å². The van der Waals surface area contributed by atoms with Crippen LogP contribution in [0, 0.1) is 0 Å². The number of pyridine rings is 1. The Kier molecular flexibility index (Phi) is 7.77. The molecule has 0 amide bonds. The van der Waals surface area contributed by atoms with Crippen molar-refractivity contribution >= 4 is 11.9 Å². The van der Waals surface area contributed by atoms with Crippen LogP contribution in [0.1, 0.15) is 35.3 Å². The topological polar surface area (TPSA) is 79.1 Å². The number of aromatic nitrogens is 1. The molecule has 0 unspecified atom stereocenters. The molecule has 0 atom stereocenters. The third-order valence-corrected chi connectivity index (χ3v) is 4.00. The van der Waals surface area contributed by atoms with E-state index in [0.717, 1.165) is 11.1 Å². The van der Waals surface area contributed by atoms with E-state index in [1.165, 1.54) is 26.4 Å². The van der Waals surface area contributed by atoms with Crippen LogP contribution in [0.15, 0.2) is 48.3 Å². The second kappa shape index (κ2) is 10.3. The summed E-state index contributed by atoms with van der Waals surface area (Å²) >= 11 is 0. The van der Waals surface area contributed by atoms with Gasteiger partial charge in [-0.1, -0.05) is 17.7 Å². The molecule has 1 aromatic heterocycles. The van der Waals surface area contributed by atoms with Gasteiger partial charge in [0.05, 0.1) is 7.11 Å². The average molecular weight is 384 g/mol. The van der Waals surface area contributed by atoms with E-state index >= 15 is 0 Å². The molecule has 0 fully saturated rings. The summed E-state index contributed by atoms with van der Waals surface area (Å²) in [5, 5.41) is 10.5. The molecule has 2 N–H and O–H groups in total. The standard InChI is InChI=1S/C22H25NO5/c1-15(2)5-7-17-19(25)13-20(27-4)21(22(17)28-14-26-3)18(24)8-6-16-9-11-23-12-10-16/h5-6,8-13,25H,7,14H2,1-4H3/p+1/b8-6+. The normalized spacial score (nSPS) is 10.7. The number of aromatic amines is 1. The van der Waals surface area contributed by atoms with Gasteiger partial charge in [-0.2, -0.15) is 0 Å². The van der Waals surface area contributed by atoms with Gasteiger partial charge < -0.3 is 19.3 Å². The summed E-state index contributed by atoms with van der Waals surface area (Å²) in [7, 11) is 2.93. The molecule has 0 bridgehead atoms. The minimum atomic E-state index is -0.297. The van der Waals surface area contributed by atoms with Crippen LogP contribution < -0.4 is 14.5 Å². The molecule has 148 valence electrons. The predicted octanol–water partition coefficient (Wildman–Crippen LogP) is 3.60. The van der Waals surface area contributed by atoms with Crippen molar-refractivity contribution in [1.29, 1.82) is 0 Å².